The summed E-state index contributed by atoms with van der Waals surface area (Å²) in [6, 6.07) is 7.25. The third kappa shape index (κ3) is 4.66. The molecule has 1 saturated heterocycles. The van der Waals surface area contributed by atoms with E-state index in [0.717, 1.165) is 4.26 Å². The van der Waals surface area contributed by atoms with E-state index >= 15 is 0 Å². The van der Waals surface area contributed by atoms with Crippen molar-refractivity contribution in [1.29, 1.82) is 0 Å². The monoisotopic (exact) mass is 485 g/mol. The van der Waals surface area contributed by atoms with Gasteiger partial charge in [-0.1, -0.05) is 0 Å². The number of carbonyl (C=O) groups excluding carboxylic acids is 3. The Morgan fingerprint density at radius 1 is 1.03 bits per heavy atom. The van der Waals surface area contributed by atoms with Crippen LogP contribution in [-0.4, -0.2) is 61.1 Å². The van der Waals surface area contributed by atoms with Gasteiger partial charge in [-0.05, 0) is 0 Å². The minimum atomic E-state index is -0.906. The van der Waals surface area contributed by atoms with Gasteiger partial charge in [-0.3, -0.25) is 0 Å². The summed E-state index contributed by atoms with van der Waals surface area (Å²) in [5, 5.41) is 0.578. The molecule has 0 radical (unpaired) electrons. The molecule has 2 heterocycles. The maximum atomic E-state index is 13.0. The van der Waals surface area contributed by atoms with Gasteiger partial charge in [-0.25, -0.2) is 0 Å². The van der Waals surface area contributed by atoms with Gasteiger partial charge >= 0.3 is 179 Å². The first-order chi connectivity index (χ1) is 14.2. The first-order valence-corrected chi connectivity index (χ1v) is 11.0. The fourth-order valence-corrected chi connectivity index (χ4v) is 5.75. The molecule has 1 aromatic heterocycles. The summed E-state index contributed by atoms with van der Waals surface area (Å²) in [5.41, 5.74) is -0.225. The Hall–Kier alpha value is -2.42. The van der Waals surface area contributed by atoms with E-state index < -0.39 is 63.1 Å². The van der Waals surface area contributed by atoms with Crippen LogP contribution in [0.4, 0.5) is 0 Å². The van der Waals surface area contributed by atoms with Crippen molar-refractivity contribution in [2.75, 3.05) is 6.61 Å². The summed E-state index contributed by atoms with van der Waals surface area (Å²) in [6.45, 7) is 5.37. The van der Waals surface area contributed by atoms with Crippen molar-refractivity contribution in [2.45, 2.75) is 52.2 Å². The summed E-state index contributed by atoms with van der Waals surface area (Å²) in [6.07, 6.45) is -3.41. The van der Waals surface area contributed by atoms with E-state index in [-0.39, 0.29) is 12.2 Å². The fraction of sp³-hybridized carbons (Fsp3) is 0.500. The summed E-state index contributed by atoms with van der Waals surface area (Å²) in [4.78, 5) is 47.8. The van der Waals surface area contributed by atoms with Crippen molar-refractivity contribution in [1.82, 2.24) is 3.56 Å². The van der Waals surface area contributed by atoms with Crippen molar-refractivity contribution in [3.8, 4) is 0 Å². The van der Waals surface area contributed by atoms with Gasteiger partial charge in [0, 0.05) is 0 Å². The van der Waals surface area contributed by atoms with E-state index in [0.29, 0.717) is 5.39 Å². The molecule has 5 atom stereocenters. The quantitative estimate of drug-likeness (QED) is 0.352. The first-order valence-electron chi connectivity index (χ1n) is 9.43. The Bertz CT molecular complexity index is 1010. The Kier molecular flexibility index (Phi) is 6.80. The topological polar surface area (TPSA) is 110 Å². The molecule has 0 spiro atoms. The second kappa shape index (κ2) is 9.16. The molecule has 1 aliphatic heterocycles. The fourth-order valence-electron chi connectivity index (χ4n) is 3.53. The number of fused-ring (bicyclic) bond motifs is 1. The Balaban J connectivity index is 2.04. The molecule has 3 rings (SSSR count). The molecule has 1 aromatic carbocycles. The number of benzene rings is 1. The molecule has 2 aromatic rings. The average Bonchev–Trinajstić information content (AvgIpc) is 3.00. The van der Waals surface area contributed by atoms with Crippen molar-refractivity contribution in [2.24, 2.45) is 5.92 Å². The van der Waals surface area contributed by atoms with E-state index in [4.69, 9.17) is 18.9 Å². The Morgan fingerprint density at radius 3 is 2.27 bits per heavy atom. The van der Waals surface area contributed by atoms with Crippen LogP contribution in [0.3, 0.4) is 0 Å². The van der Waals surface area contributed by atoms with Crippen LogP contribution in [0.5, 0.6) is 0 Å². The second-order valence-corrected chi connectivity index (χ2v) is 9.22. The molecule has 0 aliphatic carbocycles. The SMILES string of the molecule is CC(=O)OCC1O[C@@H](n2[se]c3ccccc3c2=O)C(OC(C)=O)[C@@H](C)[C@H]1OC(C)=O. The predicted octanol–water partition coefficient (Wildman–Crippen LogP) is 1.02. The molecule has 0 bridgehead atoms. The van der Waals surface area contributed by atoms with E-state index in [9.17, 15) is 19.2 Å². The Labute approximate surface area is 178 Å². The number of aromatic nitrogens is 1. The van der Waals surface area contributed by atoms with Crippen molar-refractivity contribution in [3.05, 3.63) is 34.6 Å². The number of ether oxygens (including phenoxy) is 4. The molecule has 162 valence electrons. The molecule has 1 aliphatic rings. The average molecular weight is 484 g/mol. The van der Waals surface area contributed by atoms with Crippen LogP contribution >= 0.6 is 0 Å². The normalized spacial score (nSPS) is 26.2. The molecular weight excluding hydrogens is 461 g/mol. The van der Waals surface area contributed by atoms with Gasteiger partial charge in [0.15, 0.2) is 0 Å². The first kappa shape index (κ1) is 22.3. The molecule has 0 amide bonds. The van der Waals surface area contributed by atoms with Gasteiger partial charge in [-0.15, -0.1) is 0 Å². The summed E-state index contributed by atoms with van der Waals surface area (Å²) in [7, 11) is 0. The van der Waals surface area contributed by atoms with Crippen LogP contribution in [0.25, 0.3) is 9.65 Å². The van der Waals surface area contributed by atoms with Crippen molar-refractivity contribution < 1.29 is 33.3 Å². The molecule has 0 N–H and O–H groups in total. The van der Waals surface area contributed by atoms with Gasteiger partial charge in [0.2, 0.25) is 0 Å². The van der Waals surface area contributed by atoms with Crippen LogP contribution in [0, 0.1) is 5.92 Å². The van der Waals surface area contributed by atoms with Gasteiger partial charge < -0.3 is 0 Å². The van der Waals surface area contributed by atoms with Crippen LogP contribution < -0.4 is 5.56 Å². The van der Waals surface area contributed by atoms with Gasteiger partial charge in [-0.2, -0.15) is 0 Å². The van der Waals surface area contributed by atoms with Gasteiger partial charge in [0.25, 0.3) is 0 Å². The van der Waals surface area contributed by atoms with E-state index in [1.807, 2.05) is 12.1 Å². The molecular formula is C20H23NO8Se. The number of hydrogen-bond acceptors (Lipinski definition) is 8. The summed E-state index contributed by atoms with van der Waals surface area (Å²) < 4.78 is 24.6. The maximum absolute atomic E-state index is 13.0. The standard InChI is InChI=1S/C20H23NO8Se/c1-10-17(27-12(3)23)15(9-26-11(2)22)29-20(18(10)28-13(4)24)21-19(25)14-7-5-6-8-16(14)30-21/h5-8,10,15,17-18,20H,9H2,1-4H3/t10-,15?,17+,18?,20+/m0/s1. The molecule has 30 heavy (non-hydrogen) atoms. The number of hydrogen-bond donors (Lipinski definition) is 0. The van der Waals surface area contributed by atoms with E-state index in [2.05, 4.69) is 0 Å². The zero-order valence-electron chi connectivity index (χ0n) is 17.0. The number of esters is 3. The van der Waals surface area contributed by atoms with Crippen LogP contribution in [0.1, 0.15) is 33.9 Å². The summed E-state index contributed by atoms with van der Waals surface area (Å²) >= 11 is -0.392. The van der Waals surface area contributed by atoms with Gasteiger partial charge in [0.1, 0.15) is 0 Å². The molecule has 0 saturated carbocycles. The third-order valence-electron chi connectivity index (χ3n) is 4.80. The van der Waals surface area contributed by atoms with Crippen LogP contribution in [-0.2, 0) is 33.3 Å². The van der Waals surface area contributed by atoms with Crippen molar-refractivity contribution >= 4 is 42.3 Å². The number of rotatable bonds is 5. The number of carbonyl (C=O) groups is 3. The van der Waals surface area contributed by atoms with E-state index in [1.54, 1.807) is 22.6 Å². The summed E-state index contributed by atoms with van der Waals surface area (Å²) in [5.74, 6) is -2.11. The second-order valence-electron chi connectivity index (χ2n) is 7.09. The van der Waals surface area contributed by atoms with Gasteiger partial charge in [0.05, 0.1) is 0 Å². The number of nitrogens with zero attached hydrogens (tertiary/aromatic N) is 1. The molecule has 2 unspecified atom stereocenters. The zero-order valence-corrected chi connectivity index (χ0v) is 18.7. The van der Waals surface area contributed by atoms with Crippen molar-refractivity contribution in [3.63, 3.8) is 0 Å². The van der Waals surface area contributed by atoms with E-state index in [1.165, 1.54) is 20.8 Å². The van der Waals surface area contributed by atoms with Crippen LogP contribution in [0.15, 0.2) is 29.1 Å². The molecule has 1 fully saturated rings. The third-order valence-corrected chi connectivity index (χ3v) is 7.15. The molecule has 9 nitrogen and oxygen atoms in total. The minimum absolute atomic E-state index is 0.164. The predicted molar refractivity (Wildman–Crippen MR) is 106 cm³/mol. The molecule has 10 heteroatoms. The zero-order chi connectivity index (χ0) is 22.0. The Morgan fingerprint density at radius 2 is 1.67 bits per heavy atom. The van der Waals surface area contributed by atoms with Crippen LogP contribution in [0.2, 0.25) is 0 Å².